The first-order valence-electron chi connectivity index (χ1n) is 5.89. The predicted molar refractivity (Wildman–Crippen MR) is 76.0 cm³/mol. The monoisotopic (exact) mass is 274 g/mol. The van der Waals surface area contributed by atoms with Crippen LogP contribution in [0.5, 0.6) is 0 Å². The summed E-state index contributed by atoms with van der Waals surface area (Å²) in [6.45, 7) is 4.54. The van der Waals surface area contributed by atoms with E-state index in [1.54, 1.807) is 11.3 Å². The van der Waals surface area contributed by atoms with Crippen LogP contribution in [0, 0.1) is 13.8 Å². The van der Waals surface area contributed by atoms with E-state index in [1.165, 1.54) is 0 Å². The standard InChI is InChI=1S/C12H14N6S/c1-7-5-8(2)18(17-7)6-10-14-11(16-13)9-3-4-19-12(9)15-10/h3-5H,6,13H2,1-2H3,(H,14,15,16). The van der Waals surface area contributed by atoms with Gasteiger partial charge in [0.2, 0.25) is 0 Å². The Morgan fingerprint density at radius 1 is 1.37 bits per heavy atom. The van der Waals surface area contributed by atoms with E-state index in [-0.39, 0.29) is 0 Å². The maximum absolute atomic E-state index is 5.51. The van der Waals surface area contributed by atoms with Gasteiger partial charge in [0.1, 0.15) is 11.4 Å². The van der Waals surface area contributed by atoms with E-state index in [1.807, 2.05) is 36.0 Å². The largest absolute Gasteiger partial charge is 0.308 e. The predicted octanol–water partition coefficient (Wildman–Crippen LogP) is 1.84. The lowest BCUT2D eigenvalue weighted by atomic mass is 10.3. The number of nitrogens with one attached hydrogen (secondary N) is 1. The first-order chi connectivity index (χ1) is 9.17. The zero-order chi connectivity index (χ0) is 13.4. The topological polar surface area (TPSA) is 81.7 Å². The van der Waals surface area contributed by atoms with Crippen molar-refractivity contribution < 1.29 is 0 Å². The van der Waals surface area contributed by atoms with Crippen molar-refractivity contribution in [1.29, 1.82) is 0 Å². The molecule has 0 unspecified atom stereocenters. The van der Waals surface area contributed by atoms with Gasteiger partial charge in [-0.15, -0.1) is 11.3 Å². The van der Waals surface area contributed by atoms with Gasteiger partial charge in [0.15, 0.2) is 11.6 Å². The second kappa shape index (κ2) is 4.60. The number of nitrogens with two attached hydrogens (primary N) is 1. The number of hydrogen-bond donors (Lipinski definition) is 2. The molecule has 3 rings (SSSR count). The summed E-state index contributed by atoms with van der Waals surface area (Å²) in [5.41, 5.74) is 4.71. The number of nitrogen functional groups attached to an aromatic ring is 1. The summed E-state index contributed by atoms with van der Waals surface area (Å²) in [6.07, 6.45) is 0. The van der Waals surface area contributed by atoms with Crippen molar-refractivity contribution in [2.45, 2.75) is 20.4 Å². The summed E-state index contributed by atoms with van der Waals surface area (Å²) in [6, 6.07) is 3.99. The van der Waals surface area contributed by atoms with Crippen molar-refractivity contribution in [1.82, 2.24) is 19.7 Å². The van der Waals surface area contributed by atoms with Gasteiger partial charge in [0, 0.05) is 5.69 Å². The summed E-state index contributed by atoms with van der Waals surface area (Å²) in [5, 5.41) is 7.35. The third-order valence-corrected chi connectivity index (χ3v) is 3.71. The Bertz CT molecular complexity index is 729. The van der Waals surface area contributed by atoms with Gasteiger partial charge in [0.25, 0.3) is 0 Å². The van der Waals surface area contributed by atoms with Crippen molar-refractivity contribution >= 4 is 27.4 Å². The van der Waals surface area contributed by atoms with E-state index >= 15 is 0 Å². The van der Waals surface area contributed by atoms with Gasteiger partial charge in [-0.1, -0.05) is 0 Å². The van der Waals surface area contributed by atoms with Crippen LogP contribution >= 0.6 is 11.3 Å². The van der Waals surface area contributed by atoms with E-state index in [0.717, 1.165) is 21.6 Å². The Kier molecular flexibility index (Phi) is 2.92. The van der Waals surface area contributed by atoms with Gasteiger partial charge in [-0.3, -0.25) is 4.68 Å². The first-order valence-corrected chi connectivity index (χ1v) is 6.77. The van der Waals surface area contributed by atoms with Crippen LogP contribution in [0.4, 0.5) is 5.82 Å². The molecule has 98 valence electrons. The fourth-order valence-corrected chi connectivity index (χ4v) is 2.83. The molecule has 0 spiro atoms. The number of anilines is 1. The minimum Gasteiger partial charge on any atom is -0.308 e. The van der Waals surface area contributed by atoms with Crippen LogP contribution in [-0.4, -0.2) is 19.7 Å². The summed E-state index contributed by atoms with van der Waals surface area (Å²) >= 11 is 1.57. The lowest BCUT2D eigenvalue weighted by Gasteiger charge is -2.06. The molecule has 3 heterocycles. The summed E-state index contributed by atoms with van der Waals surface area (Å²) in [7, 11) is 0. The molecule has 0 saturated heterocycles. The molecule has 0 aliphatic heterocycles. The van der Waals surface area contributed by atoms with Gasteiger partial charge < -0.3 is 5.43 Å². The SMILES string of the molecule is Cc1cc(C)n(Cc2nc(NN)c3ccsc3n2)n1. The van der Waals surface area contributed by atoms with Crippen molar-refractivity contribution in [2.24, 2.45) is 5.84 Å². The lowest BCUT2D eigenvalue weighted by molar-refractivity contribution is 0.635. The van der Waals surface area contributed by atoms with Crippen LogP contribution in [0.15, 0.2) is 17.5 Å². The Labute approximate surface area is 114 Å². The van der Waals surface area contributed by atoms with Crippen LogP contribution in [0.25, 0.3) is 10.2 Å². The molecule has 0 fully saturated rings. The average molecular weight is 274 g/mol. The number of nitrogens with zero attached hydrogens (tertiary/aromatic N) is 4. The summed E-state index contributed by atoms with van der Waals surface area (Å²) in [5.74, 6) is 6.87. The van der Waals surface area contributed by atoms with Gasteiger partial charge in [-0.25, -0.2) is 15.8 Å². The van der Waals surface area contributed by atoms with Crippen molar-refractivity contribution in [3.63, 3.8) is 0 Å². The van der Waals surface area contributed by atoms with Crippen LogP contribution in [-0.2, 0) is 6.54 Å². The minimum atomic E-state index is 0.544. The molecule has 0 radical (unpaired) electrons. The zero-order valence-corrected chi connectivity index (χ0v) is 11.5. The van der Waals surface area contributed by atoms with E-state index in [0.29, 0.717) is 18.2 Å². The molecule has 0 saturated carbocycles. The molecule has 0 atom stereocenters. The molecule has 3 aromatic heterocycles. The van der Waals surface area contributed by atoms with Crippen molar-refractivity contribution in [2.75, 3.05) is 5.43 Å². The first kappa shape index (κ1) is 12.1. The normalized spacial score (nSPS) is 11.1. The lowest BCUT2D eigenvalue weighted by Crippen LogP contribution is -2.13. The van der Waals surface area contributed by atoms with Gasteiger partial charge >= 0.3 is 0 Å². The molecule has 0 amide bonds. The molecule has 0 aliphatic carbocycles. The highest BCUT2D eigenvalue weighted by atomic mass is 32.1. The third-order valence-electron chi connectivity index (χ3n) is 2.90. The molecule has 19 heavy (non-hydrogen) atoms. The Hall–Kier alpha value is -1.99. The minimum absolute atomic E-state index is 0.544. The summed E-state index contributed by atoms with van der Waals surface area (Å²) in [4.78, 5) is 9.91. The molecular formula is C12H14N6S. The molecule has 0 bridgehead atoms. The van der Waals surface area contributed by atoms with E-state index < -0.39 is 0 Å². The molecule has 6 nitrogen and oxygen atoms in total. The number of hydrogen-bond acceptors (Lipinski definition) is 6. The molecule has 7 heteroatoms. The maximum Gasteiger partial charge on any atom is 0.153 e. The Morgan fingerprint density at radius 2 is 2.21 bits per heavy atom. The van der Waals surface area contributed by atoms with E-state index in [4.69, 9.17) is 5.84 Å². The van der Waals surface area contributed by atoms with Crippen LogP contribution in [0.2, 0.25) is 0 Å². The highest BCUT2D eigenvalue weighted by Crippen LogP contribution is 2.24. The second-order valence-electron chi connectivity index (χ2n) is 4.36. The Morgan fingerprint density at radius 3 is 2.89 bits per heavy atom. The van der Waals surface area contributed by atoms with Crippen LogP contribution < -0.4 is 11.3 Å². The number of thiophene rings is 1. The quantitative estimate of drug-likeness (QED) is 0.562. The highest BCUT2D eigenvalue weighted by molar-refractivity contribution is 7.16. The number of aromatic nitrogens is 4. The Balaban J connectivity index is 2.03. The third kappa shape index (κ3) is 2.18. The number of hydrazine groups is 1. The van der Waals surface area contributed by atoms with E-state index in [9.17, 15) is 0 Å². The van der Waals surface area contributed by atoms with Gasteiger partial charge in [-0.05, 0) is 31.4 Å². The number of rotatable bonds is 3. The second-order valence-corrected chi connectivity index (χ2v) is 5.25. The maximum atomic E-state index is 5.51. The fourth-order valence-electron chi connectivity index (χ4n) is 2.05. The molecular weight excluding hydrogens is 260 g/mol. The zero-order valence-electron chi connectivity index (χ0n) is 10.7. The van der Waals surface area contributed by atoms with Crippen LogP contribution in [0.3, 0.4) is 0 Å². The smallest absolute Gasteiger partial charge is 0.153 e. The van der Waals surface area contributed by atoms with Gasteiger partial charge in [-0.2, -0.15) is 5.10 Å². The fraction of sp³-hybridized carbons (Fsp3) is 0.250. The van der Waals surface area contributed by atoms with Crippen molar-refractivity contribution in [3.8, 4) is 0 Å². The molecule has 0 aliphatic rings. The number of aryl methyl sites for hydroxylation is 2. The number of fused-ring (bicyclic) bond motifs is 1. The molecule has 3 N–H and O–H groups in total. The molecule has 3 aromatic rings. The van der Waals surface area contributed by atoms with Crippen LogP contribution in [0.1, 0.15) is 17.2 Å². The van der Waals surface area contributed by atoms with E-state index in [2.05, 4.69) is 20.5 Å². The van der Waals surface area contributed by atoms with Gasteiger partial charge in [0.05, 0.1) is 11.1 Å². The summed E-state index contributed by atoms with van der Waals surface area (Å²) < 4.78 is 1.89. The van der Waals surface area contributed by atoms with Crippen molar-refractivity contribution in [3.05, 3.63) is 34.7 Å². The molecule has 0 aromatic carbocycles. The average Bonchev–Trinajstić information content (AvgIpc) is 2.95. The highest BCUT2D eigenvalue weighted by Gasteiger charge is 2.10.